The molecule has 0 aromatic carbocycles. The zero-order valence-corrected chi connectivity index (χ0v) is 11.7. The number of esters is 1. The molecule has 0 spiro atoms. The lowest BCUT2D eigenvalue weighted by Gasteiger charge is -2.34. The van der Waals surface area contributed by atoms with Crippen LogP contribution in [0.5, 0.6) is 0 Å². The van der Waals surface area contributed by atoms with E-state index in [1.807, 2.05) is 20.8 Å². The van der Waals surface area contributed by atoms with Gasteiger partial charge in [0.15, 0.2) is 0 Å². The molecule has 1 saturated heterocycles. The largest absolute Gasteiger partial charge is 0.460 e. The normalized spacial score (nSPS) is 23.5. The maximum absolute atomic E-state index is 12.2. The van der Waals surface area contributed by atoms with Crippen LogP contribution in [0.25, 0.3) is 0 Å². The summed E-state index contributed by atoms with van der Waals surface area (Å²) in [6.45, 7) is 12.6. The summed E-state index contributed by atoms with van der Waals surface area (Å²) in [6.07, 6.45) is 0. The Hall–Kier alpha value is -0.610. The third kappa shape index (κ3) is 4.64. The van der Waals surface area contributed by atoms with Gasteiger partial charge in [0.25, 0.3) is 0 Å². The molecule has 1 fully saturated rings. The Morgan fingerprint density at radius 1 is 1.29 bits per heavy atom. The van der Waals surface area contributed by atoms with Gasteiger partial charge in [0.2, 0.25) is 0 Å². The average Bonchev–Trinajstić information content (AvgIpc) is 2.15. The van der Waals surface area contributed by atoms with Crippen LogP contribution in [-0.4, -0.2) is 37.2 Å². The number of nitrogens with one attached hydrogen (secondary N) is 2. The zero-order valence-electron chi connectivity index (χ0n) is 11.7. The topological polar surface area (TPSA) is 50.4 Å². The van der Waals surface area contributed by atoms with E-state index in [0.29, 0.717) is 0 Å². The molecule has 2 unspecified atom stereocenters. The van der Waals surface area contributed by atoms with E-state index in [0.717, 1.165) is 19.6 Å². The minimum Gasteiger partial charge on any atom is -0.460 e. The monoisotopic (exact) mass is 242 g/mol. The lowest BCUT2D eigenvalue weighted by molar-refractivity contribution is -0.163. The highest BCUT2D eigenvalue weighted by molar-refractivity contribution is 5.74. The second-order valence-electron chi connectivity index (χ2n) is 6.07. The quantitative estimate of drug-likeness (QED) is 0.729. The van der Waals surface area contributed by atoms with Crippen molar-refractivity contribution in [1.82, 2.24) is 10.6 Å². The number of ether oxygens (including phenoxy) is 1. The van der Waals surface area contributed by atoms with Crippen molar-refractivity contribution in [3.8, 4) is 0 Å². The Morgan fingerprint density at radius 3 is 2.35 bits per heavy atom. The lowest BCUT2D eigenvalue weighted by atomic mass is 9.87. The van der Waals surface area contributed by atoms with Gasteiger partial charge in [-0.3, -0.25) is 4.79 Å². The minimum atomic E-state index is -0.410. The number of rotatable bonds is 3. The molecule has 1 heterocycles. The highest BCUT2D eigenvalue weighted by atomic mass is 16.6. The van der Waals surface area contributed by atoms with Crippen molar-refractivity contribution < 1.29 is 9.53 Å². The number of piperazine rings is 1. The highest BCUT2D eigenvalue weighted by Crippen LogP contribution is 2.21. The minimum absolute atomic E-state index is 0.0815. The summed E-state index contributed by atoms with van der Waals surface area (Å²) in [5.74, 6) is 0.109. The van der Waals surface area contributed by atoms with E-state index in [9.17, 15) is 4.79 Å². The van der Waals surface area contributed by atoms with Gasteiger partial charge in [-0.25, -0.2) is 0 Å². The SMILES string of the molecule is CC(C)C(C(=O)OC(C)(C)C)C1CNCCN1. The molecular weight excluding hydrogens is 216 g/mol. The van der Waals surface area contributed by atoms with Gasteiger partial charge in [0.1, 0.15) is 5.60 Å². The number of hydrogen-bond donors (Lipinski definition) is 2. The van der Waals surface area contributed by atoms with Crippen LogP contribution < -0.4 is 10.6 Å². The average molecular weight is 242 g/mol. The van der Waals surface area contributed by atoms with E-state index in [2.05, 4.69) is 24.5 Å². The zero-order chi connectivity index (χ0) is 13.1. The summed E-state index contributed by atoms with van der Waals surface area (Å²) in [6, 6.07) is 0.179. The number of hydrogen-bond acceptors (Lipinski definition) is 4. The Morgan fingerprint density at radius 2 is 1.94 bits per heavy atom. The van der Waals surface area contributed by atoms with E-state index in [1.54, 1.807) is 0 Å². The van der Waals surface area contributed by atoms with Crippen LogP contribution >= 0.6 is 0 Å². The Labute approximate surface area is 104 Å². The molecule has 0 saturated carbocycles. The van der Waals surface area contributed by atoms with Crippen molar-refractivity contribution in [3.05, 3.63) is 0 Å². The van der Waals surface area contributed by atoms with Crippen molar-refractivity contribution in [2.75, 3.05) is 19.6 Å². The molecule has 0 bridgehead atoms. The van der Waals surface area contributed by atoms with Crippen molar-refractivity contribution >= 4 is 5.97 Å². The van der Waals surface area contributed by atoms with Crippen molar-refractivity contribution in [2.24, 2.45) is 11.8 Å². The molecule has 4 nitrogen and oxygen atoms in total. The Bertz CT molecular complexity index is 253. The number of carbonyl (C=O) groups excluding carboxylic acids is 1. The standard InChI is InChI=1S/C13H26N2O2/c1-9(2)11(10-8-14-6-7-15-10)12(16)17-13(3,4)5/h9-11,14-15H,6-8H2,1-5H3. The highest BCUT2D eigenvalue weighted by Gasteiger charge is 2.34. The van der Waals surface area contributed by atoms with Crippen LogP contribution in [0, 0.1) is 11.8 Å². The van der Waals surface area contributed by atoms with Gasteiger partial charge >= 0.3 is 5.97 Å². The molecule has 2 N–H and O–H groups in total. The van der Waals surface area contributed by atoms with E-state index >= 15 is 0 Å². The summed E-state index contributed by atoms with van der Waals surface area (Å²) in [5, 5.41) is 6.72. The molecule has 2 atom stereocenters. The third-order valence-corrected chi connectivity index (χ3v) is 2.90. The van der Waals surface area contributed by atoms with Crippen LogP contribution in [-0.2, 0) is 9.53 Å². The molecule has 4 heteroatoms. The second-order valence-corrected chi connectivity index (χ2v) is 6.07. The molecule has 0 amide bonds. The first-order valence-corrected chi connectivity index (χ1v) is 6.48. The van der Waals surface area contributed by atoms with E-state index < -0.39 is 5.60 Å². The van der Waals surface area contributed by atoms with Gasteiger partial charge in [0.05, 0.1) is 5.92 Å². The van der Waals surface area contributed by atoms with Gasteiger partial charge in [0, 0.05) is 25.7 Å². The van der Waals surface area contributed by atoms with Crippen LogP contribution in [0.1, 0.15) is 34.6 Å². The maximum atomic E-state index is 12.2. The van der Waals surface area contributed by atoms with Gasteiger partial charge < -0.3 is 15.4 Å². The van der Waals surface area contributed by atoms with E-state index in [1.165, 1.54) is 0 Å². The van der Waals surface area contributed by atoms with Gasteiger partial charge in [-0.15, -0.1) is 0 Å². The van der Waals surface area contributed by atoms with Crippen molar-refractivity contribution in [1.29, 1.82) is 0 Å². The molecule has 1 rings (SSSR count). The molecule has 0 aromatic rings. The first-order chi connectivity index (χ1) is 7.81. The fourth-order valence-electron chi connectivity index (χ4n) is 2.20. The molecule has 0 aliphatic carbocycles. The Balaban J connectivity index is 2.67. The fourth-order valence-corrected chi connectivity index (χ4v) is 2.20. The molecule has 1 aliphatic rings. The number of carbonyl (C=O) groups is 1. The fraction of sp³-hybridized carbons (Fsp3) is 0.923. The van der Waals surface area contributed by atoms with Crippen LogP contribution in [0.4, 0.5) is 0 Å². The van der Waals surface area contributed by atoms with Crippen molar-refractivity contribution in [3.63, 3.8) is 0 Å². The van der Waals surface area contributed by atoms with E-state index in [4.69, 9.17) is 4.74 Å². The predicted octanol–water partition coefficient (Wildman–Crippen LogP) is 1.16. The van der Waals surface area contributed by atoms with Crippen LogP contribution in [0.3, 0.4) is 0 Å². The third-order valence-electron chi connectivity index (χ3n) is 2.90. The Kier molecular flexibility index (Phi) is 4.95. The molecule has 100 valence electrons. The van der Waals surface area contributed by atoms with E-state index in [-0.39, 0.29) is 23.8 Å². The van der Waals surface area contributed by atoms with Crippen LogP contribution in [0.2, 0.25) is 0 Å². The molecular formula is C13H26N2O2. The second kappa shape index (κ2) is 5.83. The van der Waals surface area contributed by atoms with Crippen LogP contribution in [0.15, 0.2) is 0 Å². The smallest absolute Gasteiger partial charge is 0.311 e. The first-order valence-electron chi connectivity index (χ1n) is 6.48. The summed E-state index contributed by atoms with van der Waals surface area (Å²) in [5.41, 5.74) is -0.410. The summed E-state index contributed by atoms with van der Waals surface area (Å²) >= 11 is 0. The molecule has 17 heavy (non-hydrogen) atoms. The lowest BCUT2D eigenvalue weighted by Crippen LogP contribution is -2.55. The molecule has 0 radical (unpaired) electrons. The van der Waals surface area contributed by atoms with Gasteiger partial charge in [-0.05, 0) is 26.7 Å². The maximum Gasteiger partial charge on any atom is 0.311 e. The molecule has 1 aliphatic heterocycles. The molecule has 0 aromatic heterocycles. The predicted molar refractivity (Wildman–Crippen MR) is 68.8 cm³/mol. The van der Waals surface area contributed by atoms with Gasteiger partial charge in [-0.1, -0.05) is 13.8 Å². The van der Waals surface area contributed by atoms with Gasteiger partial charge in [-0.2, -0.15) is 0 Å². The summed E-state index contributed by atoms with van der Waals surface area (Å²) in [7, 11) is 0. The first kappa shape index (κ1) is 14.5. The summed E-state index contributed by atoms with van der Waals surface area (Å²) < 4.78 is 5.51. The summed E-state index contributed by atoms with van der Waals surface area (Å²) in [4.78, 5) is 12.2. The van der Waals surface area contributed by atoms with Crippen molar-refractivity contribution in [2.45, 2.75) is 46.3 Å².